The van der Waals surface area contributed by atoms with Crippen LogP contribution in [0.25, 0.3) is 10.8 Å². The number of carbonyl (C=O) groups is 2. The fourth-order valence-corrected chi connectivity index (χ4v) is 3.34. The maximum atomic E-state index is 12.4. The Morgan fingerprint density at radius 2 is 1.32 bits per heavy atom. The Labute approximate surface area is 152 Å². The molecule has 1 heterocycles. The van der Waals surface area contributed by atoms with Crippen molar-refractivity contribution in [3.05, 3.63) is 39.2 Å². The molecule has 0 aliphatic carbocycles. The molecule has 0 saturated carbocycles. The van der Waals surface area contributed by atoms with Crippen molar-refractivity contribution >= 4 is 34.9 Å². The van der Waals surface area contributed by atoms with Crippen molar-refractivity contribution in [2.24, 2.45) is 0 Å². The third kappa shape index (κ3) is 3.44. The molecule has 6 heteroatoms. The van der Waals surface area contributed by atoms with Crippen LogP contribution in [0.1, 0.15) is 52.9 Å². The van der Waals surface area contributed by atoms with E-state index in [2.05, 4.69) is 11.5 Å². The van der Waals surface area contributed by atoms with Gasteiger partial charge in [0, 0.05) is 28.7 Å². The van der Waals surface area contributed by atoms with E-state index in [0.29, 0.717) is 0 Å². The number of esters is 2. The van der Waals surface area contributed by atoms with E-state index in [9.17, 15) is 9.59 Å². The fourth-order valence-electron chi connectivity index (χ4n) is 3.06. The smallest absolute Gasteiger partial charge is 0.339 e. The molecule has 0 radical (unpaired) electrons. The molecule has 1 aromatic heterocycles. The Kier molecular flexibility index (Phi) is 5.95. The van der Waals surface area contributed by atoms with Gasteiger partial charge >= 0.3 is 11.9 Å². The summed E-state index contributed by atoms with van der Waals surface area (Å²) in [4.78, 5) is 24.8. The van der Waals surface area contributed by atoms with Gasteiger partial charge in [0.1, 0.15) is 0 Å². The fraction of sp³-hybridized carbons (Fsp3) is 0.421. The third-order valence-corrected chi connectivity index (χ3v) is 4.69. The van der Waals surface area contributed by atoms with E-state index in [0.717, 1.165) is 28.7 Å². The number of ether oxygens (including phenoxy) is 2. The molecule has 134 valence electrons. The molecule has 0 aliphatic heterocycles. The molecule has 0 amide bonds. The maximum absolute atomic E-state index is 12.4. The minimum atomic E-state index is -0.531. The van der Waals surface area contributed by atoms with E-state index < -0.39 is 11.9 Å². The first-order valence-corrected chi connectivity index (χ1v) is 8.80. The van der Waals surface area contributed by atoms with Gasteiger partial charge in [-0.1, -0.05) is 12.2 Å². The first kappa shape index (κ1) is 19.1. The molecule has 0 bridgehead atoms. The number of nitrogens with zero attached hydrogens (tertiary/aromatic N) is 1. The number of aromatic nitrogens is 1. The average Bonchev–Trinajstić information content (AvgIpc) is 2.70. The van der Waals surface area contributed by atoms with Gasteiger partial charge in [0.2, 0.25) is 0 Å². The van der Waals surface area contributed by atoms with Crippen LogP contribution in [0.15, 0.2) is 12.1 Å². The summed E-state index contributed by atoms with van der Waals surface area (Å²) in [7, 11) is 0. The molecule has 0 N–H and O–H groups in total. The quantitative estimate of drug-likeness (QED) is 0.585. The molecule has 0 saturated heterocycles. The van der Waals surface area contributed by atoms with E-state index in [-0.39, 0.29) is 28.9 Å². The topological polar surface area (TPSA) is 57.5 Å². The van der Waals surface area contributed by atoms with Crippen LogP contribution in [0, 0.1) is 18.4 Å². The summed E-state index contributed by atoms with van der Waals surface area (Å²) in [6, 6.07) is 3.46. The number of aryl methyl sites for hydroxylation is 2. The summed E-state index contributed by atoms with van der Waals surface area (Å²) in [5, 5.41) is 1.76. The zero-order valence-corrected chi connectivity index (χ0v) is 16.1. The van der Waals surface area contributed by atoms with Crippen molar-refractivity contribution in [3.63, 3.8) is 0 Å². The van der Waals surface area contributed by atoms with Crippen molar-refractivity contribution in [1.29, 1.82) is 0 Å². The number of fused-ring (bicyclic) bond motifs is 1. The van der Waals surface area contributed by atoms with Gasteiger partial charge in [0.25, 0.3) is 0 Å². The number of rotatable bonds is 5. The zero-order chi connectivity index (χ0) is 18.7. The normalized spacial score (nSPS) is 10.8. The third-order valence-electron chi connectivity index (χ3n) is 4.25. The molecule has 0 fully saturated rings. The lowest BCUT2D eigenvalue weighted by Gasteiger charge is -2.05. The minimum absolute atomic E-state index is 0.162. The summed E-state index contributed by atoms with van der Waals surface area (Å²) in [5.41, 5.74) is 2.46. The molecule has 0 atom stereocenters. The second kappa shape index (κ2) is 7.78. The van der Waals surface area contributed by atoms with Gasteiger partial charge in [0.05, 0.1) is 28.9 Å². The molecule has 0 aliphatic rings. The van der Waals surface area contributed by atoms with Gasteiger partial charge in [-0.15, -0.1) is 0 Å². The molecular weight excluding hydrogens is 338 g/mol. The van der Waals surface area contributed by atoms with Gasteiger partial charge in [-0.2, -0.15) is 0 Å². The molecule has 0 unspecified atom stereocenters. The lowest BCUT2D eigenvalue weighted by molar-refractivity contribution is 0.0525. The van der Waals surface area contributed by atoms with Crippen molar-refractivity contribution in [1.82, 2.24) is 4.57 Å². The number of hydrogen-bond acceptors (Lipinski definition) is 5. The van der Waals surface area contributed by atoms with Gasteiger partial charge in [-0.25, -0.2) is 9.59 Å². The van der Waals surface area contributed by atoms with Crippen LogP contribution in [-0.4, -0.2) is 29.7 Å². The van der Waals surface area contributed by atoms with Crippen molar-refractivity contribution < 1.29 is 19.1 Å². The highest BCUT2D eigenvalue weighted by Gasteiger charge is 2.20. The largest absolute Gasteiger partial charge is 0.462 e. The first-order valence-electron chi connectivity index (χ1n) is 8.39. The van der Waals surface area contributed by atoms with Gasteiger partial charge in [-0.05, 0) is 46.8 Å². The maximum Gasteiger partial charge on any atom is 0.339 e. The van der Waals surface area contributed by atoms with Crippen LogP contribution < -0.4 is 0 Å². The molecular formula is C19H23NO4S. The Balaban J connectivity index is 2.94. The molecule has 25 heavy (non-hydrogen) atoms. The van der Waals surface area contributed by atoms with Crippen molar-refractivity contribution in [3.8, 4) is 0 Å². The number of hydrogen-bond donors (Lipinski definition) is 0. The SMILES string of the molecule is CCOC(=O)c1cc2c(C)n(CC)c(C)c2cc(C(=O)OCC)c1=S. The van der Waals surface area contributed by atoms with E-state index in [1.165, 1.54) is 0 Å². The van der Waals surface area contributed by atoms with E-state index in [1.54, 1.807) is 26.0 Å². The van der Waals surface area contributed by atoms with E-state index in [1.807, 2.05) is 13.8 Å². The van der Waals surface area contributed by atoms with Crippen LogP contribution in [-0.2, 0) is 16.0 Å². The average molecular weight is 361 g/mol. The summed E-state index contributed by atoms with van der Waals surface area (Å²) >= 11 is 5.43. The Bertz CT molecular complexity index is 831. The Hall–Kier alpha value is -2.21. The highest BCUT2D eigenvalue weighted by molar-refractivity contribution is 7.71. The summed E-state index contributed by atoms with van der Waals surface area (Å²) in [6.07, 6.45) is 0. The second-order valence-electron chi connectivity index (χ2n) is 5.63. The number of carbonyl (C=O) groups excluding carboxylic acids is 2. The summed E-state index contributed by atoms with van der Waals surface area (Å²) in [5.74, 6) is -1.06. The molecule has 2 aromatic rings. The highest BCUT2D eigenvalue weighted by atomic mass is 32.1. The van der Waals surface area contributed by atoms with Crippen molar-refractivity contribution in [2.75, 3.05) is 13.2 Å². The zero-order valence-electron chi connectivity index (χ0n) is 15.3. The molecule has 5 nitrogen and oxygen atoms in total. The standard InChI is InChI=1S/C19H23NO4S/c1-6-20-11(4)13-9-15(18(21)23-7-2)17(25)16(19(22)24-8-3)10-14(13)12(20)5/h9-10H,6-8H2,1-5H3. The first-order chi connectivity index (χ1) is 11.9. The van der Waals surface area contributed by atoms with Crippen LogP contribution in [0.3, 0.4) is 0 Å². The van der Waals surface area contributed by atoms with Crippen LogP contribution in [0.2, 0.25) is 0 Å². The van der Waals surface area contributed by atoms with Gasteiger partial charge < -0.3 is 14.0 Å². The summed E-state index contributed by atoms with van der Waals surface area (Å²) in [6.45, 7) is 10.7. The van der Waals surface area contributed by atoms with E-state index >= 15 is 0 Å². The minimum Gasteiger partial charge on any atom is -0.462 e. The molecule has 2 rings (SSSR count). The Morgan fingerprint density at radius 3 is 1.64 bits per heavy atom. The van der Waals surface area contributed by atoms with Crippen LogP contribution in [0.5, 0.6) is 0 Å². The predicted octanol–water partition coefficient (Wildman–Crippen LogP) is 4.36. The van der Waals surface area contributed by atoms with Gasteiger partial charge in [0.15, 0.2) is 0 Å². The highest BCUT2D eigenvalue weighted by Crippen LogP contribution is 2.28. The van der Waals surface area contributed by atoms with Crippen LogP contribution in [0.4, 0.5) is 0 Å². The molecule has 1 aromatic carbocycles. The lowest BCUT2D eigenvalue weighted by Crippen LogP contribution is -2.09. The van der Waals surface area contributed by atoms with Crippen LogP contribution >= 0.6 is 12.2 Å². The Morgan fingerprint density at radius 1 is 0.920 bits per heavy atom. The van der Waals surface area contributed by atoms with E-state index in [4.69, 9.17) is 21.7 Å². The molecule has 0 spiro atoms. The monoisotopic (exact) mass is 361 g/mol. The summed E-state index contributed by atoms with van der Waals surface area (Å²) < 4.78 is 12.6. The van der Waals surface area contributed by atoms with Crippen molar-refractivity contribution in [2.45, 2.75) is 41.2 Å². The predicted molar refractivity (Wildman–Crippen MR) is 99.8 cm³/mol. The second-order valence-corrected chi connectivity index (χ2v) is 6.04. The van der Waals surface area contributed by atoms with Gasteiger partial charge in [-0.3, -0.25) is 0 Å². The lowest BCUT2D eigenvalue weighted by atomic mass is 10.2.